The molecule has 1 aromatic rings. The molecule has 0 aliphatic rings. The van der Waals surface area contributed by atoms with Crippen LogP contribution in [0.3, 0.4) is 0 Å². The number of nitrogens with zero attached hydrogens (tertiary/aromatic N) is 2. The van der Waals surface area contributed by atoms with Crippen LogP contribution in [0.5, 0.6) is 5.75 Å². The minimum absolute atomic E-state index is 0.128. The molecule has 1 N–H and O–H groups in total. The van der Waals surface area contributed by atoms with Crippen molar-refractivity contribution in [3.63, 3.8) is 0 Å². The Morgan fingerprint density at radius 1 is 1.29 bits per heavy atom. The van der Waals surface area contributed by atoms with Crippen LogP contribution in [0.15, 0.2) is 18.2 Å². The first-order valence-electron chi connectivity index (χ1n) is 6.51. The Hall–Kier alpha value is -1.84. The van der Waals surface area contributed by atoms with Crippen LogP contribution in [0, 0.1) is 20.2 Å². The number of ether oxygens (including phenoxy) is 1. The Kier molecular flexibility index (Phi) is 7.00. The Morgan fingerprint density at radius 3 is 2.38 bits per heavy atom. The lowest BCUT2D eigenvalue weighted by Gasteiger charge is -2.26. The number of benzene rings is 1. The minimum Gasteiger partial charge on any atom is -0.459 e. The Labute approximate surface area is 151 Å². The lowest BCUT2D eigenvalue weighted by atomic mass is 10.2. The van der Waals surface area contributed by atoms with Crippen LogP contribution in [0.25, 0.3) is 0 Å². The van der Waals surface area contributed by atoms with Gasteiger partial charge in [0.25, 0.3) is 5.69 Å². The molecular formula is C12H12Cl3N3O6. The van der Waals surface area contributed by atoms with Crippen molar-refractivity contribution >= 4 is 52.1 Å². The van der Waals surface area contributed by atoms with Crippen LogP contribution in [0.4, 0.5) is 11.4 Å². The minimum atomic E-state index is -2.13. The molecule has 24 heavy (non-hydrogen) atoms. The molecule has 0 saturated carbocycles. The van der Waals surface area contributed by atoms with Gasteiger partial charge in [-0.1, -0.05) is 41.7 Å². The summed E-state index contributed by atoms with van der Waals surface area (Å²) in [7, 11) is 0. The molecule has 0 aliphatic heterocycles. The molecule has 0 radical (unpaired) electrons. The van der Waals surface area contributed by atoms with Gasteiger partial charge >= 0.3 is 5.69 Å². The zero-order valence-electron chi connectivity index (χ0n) is 12.2. The van der Waals surface area contributed by atoms with Gasteiger partial charge in [0.15, 0.2) is 5.75 Å². The van der Waals surface area contributed by atoms with Crippen molar-refractivity contribution in [2.75, 3.05) is 0 Å². The number of rotatable bonds is 7. The zero-order chi connectivity index (χ0) is 18.5. The van der Waals surface area contributed by atoms with E-state index in [-0.39, 0.29) is 6.42 Å². The van der Waals surface area contributed by atoms with Crippen molar-refractivity contribution in [3.8, 4) is 5.75 Å². The van der Waals surface area contributed by atoms with Gasteiger partial charge in [-0.15, -0.1) is 0 Å². The molecule has 132 valence electrons. The molecule has 12 heteroatoms. The van der Waals surface area contributed by atoms with E-state index in [1.165, 1.54) is 0 Å². The van der Waals surface area contributed by atoms with Gasteiger partial charge in [-0.05, 0) is 12.5 Å². The number of hydrogen-bond donors (Lipinski definition) is 1. The highest BCUT2D eigenvalue weighted by molar-refractivity contribution is 6.68. The number of carbonyl (C=O) groups excluding carboxylic acids is 1. The second kappa shape index (κ2) is 8.32. The smallest absolute Gasteiger partial charge is 0.317 e. The number of halogens is 3. The van der Waals surface area contributed by atoms with E-state index in [9.17, 15) is 25.0 Å². The average Bonchev–Trinajstić information content (AvgIpc) is 2.45. The molecular weight excluding hydrogens is 389 g/mol. The van der Waals surface area contributed by atoms with Crippen molar-refractivity contribution in [3.05, 3.63) is 38.4 Å². The molecule has 0 spiro atoms. The second-order valence-corrected chi connectivity index (χ2v) is 6.89. The average molecular weight is 401 g/mol. The first-order valence-corrected chi connectivity index (χ1v) is 7.65. The fraction of sp³-hybridized carbons (Fsp3) is 0.417. The largest absolute Gasteiger partial charge is 0.459 e. The van der Waals surface area contributed by atoms with Crippen LogP contribution in [-0.4, -0.2) is 25.8 Å². The van der Waals surface area contributed by atoms with Gasteiger partial charge < -0.3 is 10.1 Å². The molecule has 1 unspecified atom stereocenters. The van der Waals surface area contributed by atoms with Crippen molar-refractivity contribution in [1.82, 2.24) is 5.32 Å². The first kappa shape index (κ1) is 20.2. The third kappa shape index (κ3) is 5.66. The molecule has 1 atom stereocenters. The van der Waals surface area contributed by atoms with Crippen molar-refractivity contribution in [2.24, 2.45) is 0 Å². The summed E-state index contributed by atoms with van der Waals surface area (Å²) in [5.41, 5.74) is -1.21. The van der Waals surface area contributed by atoms with Crippen molar-refractivity contribution in [1.29, 1.82) is 0 Å². The maximum absolute atomic E-state index is 11.7. The van der Waals surface area contributed by atoms with Gasteiger partial charge in [0.05, 0.1) is 15.9 Å². The highest BCUT2D eigenvalue weighted by atomic mass is 35.6. The number of nitrogens with one attached hydrogen (secondary N) is 1. The Balaban J connectivity index is 3.15. The monoisotopic (exact) mass is 399 g/mol. The van der Waals surface area contributed by atoms with E-state index < -0.39 is 42.9 Å². The molecule has 0 fully saturated rings. The predicted octanol–water partition coefficient (Wildman–Crippen LogP) is 3.49. The van der Waals surface area contributed by atoms with Gasteiger partial charge in [0.1, 0.15) is 0 Å². The van der Waals surface area contributed by atoms with Gasteiger partial charge in [-0.2, -0.15) is 0 Å². The van der Waals surface area contributed by atoms with Gasteiger partial charge in [-0.25, -0.2) is 0 Å². The molecule has 1 amide bonds. The topological polar surface area (TPSA) is 125 Å². The third-order valence-electron chi connectivity index (χ3n) is 2.66. The fourth-order valence-electron chi connectivity index (χ4n) is 1.61. The molecule has 1 rings (SSSR count). The van der Waals surface area contributed by atoms with E-state index in [1.54, 1.807) is 6.92 Å². The summed E-state index contributed by atoms with van der Waals surface area (Å²) in [4.78, 5) is 31.8. The quantitative estimate of drug-likeness (QED) is 0.323. The molecule has 1 aromatic carbocycles. The van der Waals surface area contributed by atoms with Crippen LogP contribution in [-0.2, 0) is 4.79 Å². The molecule has 0 aliphatic carbocycles. The van der Waals surface area contributed by atoms with Crippen LogP contribution in [0.2, 0.25) is 0 Å². The standard InChI is InChI=1S/C12H12Cl3N3O6/c1-2-3-10(19)16-11(12(13,14)15)24-9-5-4-7(17(20)21)6-8(9)18(22)23/h4-6,11H,2-3H2,1H3,(H,16,19). The summed E-state index contributed by atoms with van der Waals surface area (Å²) >= 11 is 17.2. The number of alkyl halides is 3. The zero-order valence-corrected chi connectivity index (χ0v) is 14.5. The van der Waals surface area contributed by atoms with E-state index in [1.807, 2.05) is 0 Å². The third-order valence-corrected chi connectivity index (χ3v) is 3.26. The number of amides is 1. The van der Waals surface area contributed by atoms with Crippen LogP contribution in [0.1, 0.15) is 19.8 Å². The highest BCUT2D eigenvalue weighted by Gasteiger charge is 2.37. The lowest BCUT2D eigenvalue weighted by Crippen LogP contribution is -2.47. The highest BCUT2D eigenvalue weighted by Crippen LogP contribution is 2.36. The molecule has 0 saturated heterocycles. The Bertz CT molecular complexity index is 649. The van der Waals surface area contributed by atoms with E-state index in [0.717, 1.165) is 12.1 Å². The normalized spacial score (nSPS) is 12.3. The van der Waals surface area contributed by atoms with Gasteiger partial charge in [-0.3, -0.25) is 25.0 Å². The molecule has 9 nitrogen and oxygen atoms in total. The van der Waals surface area contributed by atoms with Crippen molar-refractivity contribution < 1.29 is 19.4 Å². The SMILES string of the molecule is CCCC(=O)NC(Oc1ccc([N+](=O)[O-])cc1[N+](=O)[O-])C(Cl)(Cl)Cl. The number of hydrogen-bond acceptors (Lipinski definition) is 6. The number of nitro groups is 2. The first-order chi connectivity index (χ1) is 11.1. The summed E-state index contributed by atoms with van der Waals surface area (Å²) in [5.74, 6) is -0.878. The van der Waals surface area contributed by atoms with Crippen molar-refractivity contribution in [2.45, 2.75) is 29.8 Å². The summed E-state index contributed by atoms with van der Waals surface area (Å²) in [6.45, 7) is 1.76. The number of non-ortho nitro benzene ring substituents is 1. The summed E-state index contributed by atoms with van der Waals surface area (Å²) < 4.78 is 3.11. The van der Waals surface area contributed by atoms with E-state index in [0.29, 0.717) is 12.5 Å². The predicted molar refractivity (Wildman–Crippen MR) is 87.5 cm³/mol. The van der Waals surface area contributed by atoms with Crippen LogP contribution >= 0.6 is 34.8 Å². The van der Waals surface area contributed by atoms with Gasteiger partial charge in [0.2, 0.25) is 15.9 Å². The molecule has 0 bridgehead atoms. The number of nitro benzene ring substituents is 2. The molecule has 0 heterocycles. The van der Waals surface area contributed by atoms with Gasteiger partial charge in [0, 0.05) is 12.5 Å². The Morgan fingerprint density at radius 2 is 1.92 bits per heavy atom. The summed E-state index contributed by atoms with van der Waals surface area (Å²) in [6.07, 6.45) is -0.874. The van der Waals surface area contributed by atoms with Crippen LogP contribution < -0.4 is 10.1 Å². The maximum Gasteiger partial charge on any atom is 0.317 e. The lowest BCUT2D eigenvalue weighted by molar-refractivity contribution is -0.394. The maximum atomic E-state index is 11.7. The fourth-order valence-corrected chi connectivity index (χ4v) is 1.91. The number of carbonyl (C=O) groups is 1. The van der Waals surface area contributed by atoms with E-state index in [4.69, 9.17) is 39.5 Å². The molecule has 0 aromatic heterocycles. The van der Waals surface area contributed by atoms with E-state index >= 15 is 0 Å². The van der Waals surface area contributed by atoms with E-state index in [2.05, 4.69) is 5.32 Å². The second-order valence-electron chi connectivity index (χ2n) is 4.52. The summed E-state index contributed by atoms with van der Waals surface area (Å²) in [5, 5.41) is 24.1. The summed E-state index contributed by atoms with van der Waals surface area (Å²) in [6, 6.07) is 2.69.